The van der Waals surface area contributed by atoms with E-state index in [-0.39, 0.29) is 35.8 Å². The van der Waals surface area contributed by atoms with Crippen LogP contribution in [-0.2, 0) is 16.6 Å². The molecule has 0 aliphatic heterocycles. The van der Waals surface area contributed by atoms with Gasteiger partial charge in [-0.3, -0.25) is 0 Å². The van der Waals surface area contributed by atoms with Gasteiger partial charge in [-0.1, -0.05) is 17.7 Å². The molecule has 9 heteroatoms. The lowest BCUT2D eigenvalue weighted by atomic mass is 10.2. The van der Waals surface area contributed by atoms with Gasteiger partial charge in [0.15, 0.2) is 0 Å². The highest BCUT2D eigenvalue weighted by molar-refractivity contribution is 7.89. The minimum absolute atomic E-state index is 0.0370. The first-order valence-electron chi connectivity index (χ1n) is 6.20. The Morgan fingerprint density at radius 3 is 2.48 bits per heavy atom. The first-order chi connectivity index (χ1) is 9.65. The summed E-state index contributed by atoms with van der Waals surface area (Å²) < 4.78 is 62.1. The topological polar surface area (TPSA) is 72.2 Å². The minimum atomic E-state index is -4.22. The summed E-state index contributed by atoms with van der Waals surface area (Å²) in [6, 6.07) is 4.37. The first kappa shape index (κ1) is 18.2. The van der Waals surface area contributed by atoms with E-state index >= 15 is 0 Å². The summed E-state index contributed by atoms with van der Waals surface area (Å²) in [5.41, 5.74) is 6.02. The molecule has 0 amide bonds. The predicted molar refractivity (Wildman–Crippen MR) is 74.4 cm³/mol. The zero-order valence-corrected chi connectivity index (χ0v) is 12.7. The summed E-state index contributed by atoms with van der Waals surface area (Å²) in [5.74, 6) is 0. The van der Waals surface area contributed by atoms with Crippen molar-refractivity contribution in [3.8, 4) is 0 Å². The monoisotopic (exact) mass is 344 g/mol. The summed E-state index contributed by atoms with van der Waals surface area (Å²) in [5, 5.41) is 0.0370. The average Bonchev–Trinajstić information content (AvgIpc) is 2.37. The number of halogens is 4. The minimum Gasteiger partial charge on any atom is -0.326 e. The third-order valence-electron chi connectivity index (χ3n) is 2.70. The molecule has 0 aliphatic rings. The molecule has 1 rings (SSSR count). The predicted octanol–water partition coefficient (Wildman–Crippen LogP) is 2.81. The summed E-state index contributed by atoms with van der Waals surface area (Å²) in [4.78, 5) is -0.122. The molecule has 1 aromatic rings. The molecule has 0 radical (unpaired) electrons. The van der Waals surface area contributed by atoms with Crippen molar-refractivity contribution in [1.29, 1.82) is 0 Å². The number of benzene rings is 1. The molecule has 0 unspecified atom stereocenters. The van der Waals surface area contributed by atoms with Crippen LogP contribution in [0.2, 0.25) is 5.02 Å². The second kappa shape index (κ2) is 7.44. The van der Waals surface area contributed by atoms with Crippen LogP contribution in [0.4, 0.5) is 13.2 Å². The van der Waals surface area contributed by atoms with Gasteiger partial charge in [0, 0.05) is 19.5 Å². The fraction of sp³-hybridized carbons (Fsp3) is 0.500. The number of nitrogens with one attached hydrogen (secondary N) is 1. The van der Waals surface area contributed by atoms with Gasteiger partial charge in [-0.25, -0.2) is 13.1 Å². The summed E-state index contributed by atoms with van der Waals surface area (Å²) >= 11 is 5.83. The molecular weight excluding hydrogens is 329 g/mol. The number of alkyl halides is 3. The molecule has 0 fully saturated rings. The van der Waals surface area contributed by atoms with Crippen molar-refractivity contribution >= 4 is 21.6 Å². The van der Waals surface area contributed by atoms with Crippen LogP contribution < -0.4 is 10.5 Å². The number of unbranched alkanes of at least 4 members (excludes halogenated alkanes) is 1. The van der Waals surface area contributed by atoms with E-state index in [0.29, 0.717) is 5.56 Å². The molecule has 21 heavy (non-hydrogen) atoms. The van der Waals surface area contributed by atoms with E-state index in [2.05, 4.69) is 4.72 Å². The Balaban J connectivity index is 2.62. The lowest BCUT2D eigenvalue weighted by Crippen LogP contribution is -2.25. The van der Waals surface area contributed by atoms with E-state index in [9.17, 15) is 21.6 Å². The van der Waals surface area contributed by atoms with Crippen LogP contribution in [0, 0.1) is 0 Å². The molecule has 0 heterocycles. The Bertz CT molecular complexity index is 576. The second-order valence-corrected chi connectivity index (χ2v) is 6.58. The van der Waals surface area contributed by atoms with Gasteiger partial charge >= 0.3 is 6.18 Å². The average molecular weight is 345 g/mol. The Morgan fingerprint density at radius 1 is 1.24 bits per heavy atom. The van der Waals surface area contributed by atoms with Crippen LogP contribution in [0.3, 0.4) is 0 Å². The van der Waals surface area contributed by atoms with Crippen LogP contribution in [0.1, 0.15) is 24.8 Å². The van der Waals surface area contributed by atoms with Crippen LogP contribution >= 0.6 is 11.6 Å². The van der Waals surface area contributed by atoms with Crippen molar-refractivity contribution in [2.75, 3.05) is 6.54 Å². The summed E-state index contributed by atoms with van der Waals surface area (Å²) in [7, 11) is -3.86. The molecule has 1 aromatic carbocycles. The standard InChI is InChI=1S/C12H16ClF3N2O2S/c13-10-4-3-9(8-17)7-11(10)21(19,20)18-6-2-1-5-12(14,15)16/h3-4,7,18H,1-2,5-6,8,17H2. The van der Waals surface area contributed by atoms with E-state index in [1.54, 1.807) is 6.07 Å². The zero-order chi connectivity index (χ0) is 16.1. The molecule has 4 nitrogen and oxygen atoms in total. The van der Waals surface area contributed by atoms with Gasteiger partial charge in [-0.2, -0.15) is 13.2 Å². The Labute approximate surface area is 126 Å². The normalized spacial score (nSPS) is 12.6. The first-order valence-corrected chi connectivity index (χ1v) is 8.07. The maximum absolute atomic E-state index is 12.0. The summed E-state index contributed by atoms with van der Waals surface area (Å²) in [6.07, 6.45) is -5.20. The number of sulfonamides is 1. The van der Waals surface area contributed by atoms with Crippen LogP contribution in [0.5, 0.6) is 0 Å². The number of nitrogens with two attached hydrogens (primary N) is 1. The molecule has 0 spiro atoms. The molecule has 0 bridgehead atoms. The molecule has 3 N–H and O–H groups in total. The summed E-state index contributed by atoms with van der Waals surface area (Å²) in [6.45, 7) is 0.0763. The molecule has 0 aliphatic carbocycles. The molecular formula is C12H16ClF3N2O2S. The maximum atomic E-state index is 12.0. The van der Waals surface area contributed by atoms with Crippen LogP contribution in [0.25, 0.3) is 0 Å². The number of hydrogen-bond donors (Lipinski definition) is 2. The van der Waals surface area contributed by atoms with E-state index < -0.39 is 22.6 Å². The molecule has 0 saturated heterocycles. The smallest absolute Gasteiger partial charge is 0.326 e. The largest absolute Gasteiger partial charge is 0.389 e. The van der Waals surface area contributed by atoms with Crippen LogP contribution in [0.15, 0.2) is 23.1 Å². The third-order valence-corrected chi connectivity index (χ3v) is 4.64. The van der Waals surface area contributed by atoms with Crippen molar-refractivity contribution in [3.63, 3.8) is 0 Å². The van der Waals surface area contributed by atoms with E-state index in [1.807, 2.05) is 0 Å². The number of hydrogen-bond acceptors (Lipinski definition) is 3. The Morgan fingerprint density at radius 2 is 1.90 bits per heavy atom. The van der Waals surface area contributed by atoms with Gasteiger partial charge < -0.3 is 5.73 Å². The number of rotatable bonds is 7. The Hall–Kier alpha value is -0.830. The van der Waals surface area contributed by atoms with E-state index in [0.717, 1.165) is 0 Å². The highest BCUT2D eigenvalue weighted by Gasteiger charge is 2.26. The van der Waals surface area contributed by atoms with Crippen molar-refractivity contribution in [2.45, 2.75) is 36.9 Å². The molecule has 0 aromatic heterocycles. The lowest BCUT2D eigenvalue weighted by Gasteiger charge is -2.10. The van der Waals surface area contributed by atoms with Crippen molar-refractivity contribution < 1.29 is 21.6 Å². The van der Waals surface area contributed by atoms with Gasteiger partial charge in [0.05, 0.1) is 5.02 Å². The van der Waals surface area contributed by atoms with E-state index in [4.69, 9.17) is 17.3 Å². The third kappa shape index (κ3) is 6.21. The SMILES string of the molecule is NCc1ccc(Cl)c(S(=O)(=O)NCCCCC(F)(F)F)c1. The molecule has 0 saturated carbocycles. The van der Waals surface area contributed by atoms with Crippen LogP contribution in [-0.4, -0.2) is 21.1 Å². The van der Waals surface area contributed by atoms with Gasteiger partial charge in [0.25, 0.3) is 0 Å². The van der Waals surface area contributed by atoms with E-state index in [1.165, 1.54) is 12.1 Å². The zero-order valence-electron chi connectivity index (χ0n) is 11.1. The van der Waals surface area contributed by atoms with Gasteiger partial charge in [0.2, 0.25) is 10.0 Å². The maximum Gasteiger partial charge on any atom is 0.389 e. The Kier molecular flexibility index (Phi) is 6.45. The highest BCUT2D eigenvalue weighted by Crippen LogP contribution is 2.23. The quantitative estimate of drug-likeness (QED) is 0.747. The molecule has 0 atom stereocenters. The fourth-order valence-electron chi connectivity index (χ4n) is 1.62. The highest BCUT2D eigenvalue weighted by atomic mass is 35.5. The van der Waals surface area contributed by atoms with Gasteiger partial charge in [-0.05, 0) is 30.5 Å². The van der Waals surface area contributed by atoms with Gasteiger partial charge in [0.1, 0.15) is 4.90 Å². The van der Waals surface area contributed by atoms with Crippen molar-refractivity contribution in [1.82, 2.24) is 4.72 Å². The lowest BCUT2D eigenvalue weighted by molar-refractivity contribution is -0.135. The van der Waals surface area contributed by atoms with Crippen molar-refractivity contribution in [3.05, 3.63) is 28.8 Å². The fourth-order valence-corrected chi connectivity index (χ4v) is 3.24. The van der Waals surface area contributed by atoms with Crippen molar-refractivity contribution in [2.24, 2.45) is 5.73 Å². The second-order valence-electron chi connectivity index (χ2n) is 4.44. The molecule has 120 valence electrons. The van der Waals surface area contributed by atoms with Gasteiger partial charge in [-0.15, -0.1) is 0 Å².